The Bertz CT molecular complexity index is 1110. The Morgan fingerprint density at radius 2 is 1.43 bits per heavy atom. The van der Waals surface area contributed by atoms with Gasteiger partial charge in [0.1, 0.15) is 0 Å². The monoisotopic (exact) mass is 501 g/mol. The number of primary amides is 2. The van der Waals surface area contributed by atoms with Crippen LogP contribution in [-0.4, -0.2) is 96.9 Å². The zero-order chi connectivity index (χ0) is 25.2. The zero-order valence-electron chi connectivity index (χ0n) is 19.7. The second-order valence-electron chi connectivity index (χ2n) is 8.61. The summed E-state index contributed by atoms with van der Waals surface area (Å²) in [6.07, 6.45) is 1.52. The van der Waals surface area contributed by atoms with E-state index in [1.165, 1.54) is 6.20 Å². The number of aromatic nitrogens is 1. The molecule has 1 aromatic carbocycles. The van der Waals surface area contributed by atoms with Gasteiger partial charge in [0.15, 0.2) is 0 Å². The molecule has 12 heteroatoms. The van der Waals surface area contributed by atoms with E-state index in [-0.39, 0.29) is 21.0 Å². The van der Waals surface area contributed by atoms with Crippen molar-refractivity contribution < 1.29 is 18.9 Å². The molecule has 0 atom stereocenters. The van der Waals surface area contributed by atoms with E-state index in [4.69, 9.17) is 11.5 Å². The van der Waals surface area contributed by atoms with Crippen molar-refractivity contribution in [3.8, 4) is 5.75 Å². The van der Waals surface area contributed by atoms with E-state index in [2.05, 4.69) is 10.7 Å². The van der Waals surface area contributed by atoms with Crippen molar-refractivity contribution in [2.75, 3.05) is 65.4 Å². The topological polar surface area (TPSA) is 143 Å². The third-order valence-corrected chi connectivity index (χ3v) is 6.44. The zero-order valence-corrected chi connectivity index (χ0v) is 20.6. The number of hydrogen-bond donors (Lipinski definition) is 2. The van der Waals surface area contributed by atoms with Gasteiger partial charge in [-0.3, -0.25) is 0 Å². The summed E-state index contributed by atoms with van der Waals surface area (Å²) in [4.78, 5) is 31.1. The van der Waals surface area contributed by atoms with Crippen LogP contribution in [0.15, 0.2) is 36.5 Å². The van der Waals surface area contributed by atoms with Crippen LogP contribution >= 0.6 is 7.92 Å². The van der Waals surface area contributed by atoms with Crippen molar-refractivity contribution >= 4 is 30.5 Å². The van der Waals surface area contributed by atoms with Crippen molar-refractivity contribution in [3.05, 3.63) is 47.4 Å². The molecule has 2 heterocycles. The van der Waals surface area contributed by atoms with Crippen LogP contribution in [0.3, 0.4) is 0 Å². The number of rotatable bonds is 6. The number of fused-ring (bicyclic) bond motifs is 1. The van der Waals surface area contributed by atoms with Gasteiger partial charge in [-0.15, -0.1) is 0 Å². The molecule has 1 saturated heterocycles. The SMILES string of the molecule is NC(=O)CN1CCN(C#P=O)CCN(CC(N)=O)CCN(Cc2c3ccccc3cc[n+]2[O-])CC1. The molecule has 0 radical (unpaired) electrons. The molecule has 2 aromatic rings. The second-order valence-corrected chi connectivity index (χ2v) is 9.00. The van der Waals surface area contributed by atoms with Gasteiger partial charge in [0, 0.05) is 6.07 Å². The van der Waals surface area contributed by atoms with Gasteiger partial charge in [0.05, 0.1) is 0 Å². The van der Waals surface area contributed by atoms with Crippen LogP contribution in [0.25, 0.3) is 10.8 Å². The minimum atomic E-state index is -0.427. The molecular weight excluding hydrogens is 469 g/mol. The summed E-state index contributed by atoms with van der Waals surface area (Å²) in [5, 5.41) is 14.6. The van der Waals surface area contributed by atoms with E-state index in [0.717, 1.165) is 15.5 Å². The Balaban J connectivity index is 1.85. The Morgan fingerprint density at radius 3 is 2.00 bits per heavy atom. The second kappa shape index (κ2) is 13.3. The molecule has 1 aliphatic heterocycles. The summed E-state index contributed by atoms with van der Waals surface area (Å²) < 4.78 is 12.0. The van der Waals surface area contributed by atoms with Crippen LogP contribution in [0.2, 0.25) is 0 Å². The molecule has 0 saturated carbocycles. The fourth-order valence-corrected chi connectivity index (χ4v) is 4.55. The van der Waals surface area contributed by atoms with E-state index in [0.29, 0.717) is 64.6 Å². The minimum absolute atomic E-state index is 0.0976. The number of benzene rings is 1. The van der Waals surface area contributed by atoms with Gasteiger partial charge in [0.25, 0.3) is 0 Å². The number of nitrogens with zero attached hydrogens (tertiary/aromatic N) is 5. The first-order valence-corrected chi connectivity index (χ1v) is 12.3. The van der Waals surface area contributed by atoms with Gasteiger partial charge in [-0.05, 0) is 0 Å². The molecule has 0 aliphatic carbocycles. The number of carbonyl (C=O) groups excluding carboxylic acids is 2. The van der Waals surface area contributed by atoms with Crippen molar-refractivity contribution in [1.82, 2.24) is 19.6 Å². The summed E-state index contributed by atoms with van der Waals surface area (Å²) in [5.74, 6) is 1.91. The Hall–Kier alpha value is -2.78. The quantitative estimate of drug-likeness (QED) is 0.303. The normalized spacial score (nSPS) is 17.8. The fourth-order valence-electron chi connectivity index (χ4n) is 4.24. The van der Waals surface area contributed by atoms with Crippen LogP contribution in [0, 0.1) is 11.0 Å². The average Bonchev–Trinajstić information content (AvgIpc) is 2.81. The van der Waals surface area contributed by atoms with Gasteiger partial charge in [-0.2, -0.15) is 0 Å². The Labute approximate surface area is 205 Å². The van der Waals surface area contributed by atoms with E-state index < -0.39 is 11.8 Å². The van der Waals surface area contributed by atoms with Gasteiger partial charge in [-0.1, -0.05) is 18.2 Å². The first kappa shape index (κ1) is 26.8. The van der Waals surface area contributed by atoms with E-state index in [1.54, 1.807) is 11.0 Å². The van der Waals surface area contributed by atoms with Crippen molar-refractivity contribution in [2.24, 2.45) is 11.5 Å². The maximum absolute atomic E-state index is 12.7. The molecule has 35 heavy (non-hydrogen) atoms. The third kappa shape index (κ3) is 8.43. The van der Waals surface area contributed by atoms with Crippen molar-refractivity contribution in [3.63, 3.8) is 0 Å². The van der Waals surface area contributed by atoms with Crippen molar-refractivity contribution in [2.45, 2.75) is 6.54 Å². The summed E-state index contributed by atoms with van der Waals surface area (Å²) in [7, 11) is -0.233. The third-order valence-electron chi connectivity index (χ3n) is 6.08. The predicted molar refractivity (Wildman–Crippen MR) is 133 cm³/mol. The van der Waals surface area contributed by atoms with Crippen LogP contribution in [-0.2, 0) is 20.7 Å². The predicted octanol–water partition coefficient (Wildman–Crippen LogP) is -0.626. The molecular formula is C23H32N7O4P. The van der Waals surface area contributed by atoms with Crippen LogP contribution < -0.4 is 16.2 Å². The summed E-state index contributed by atoms with van der Waals surface area (Å²) in [6.45, 7) is 4.88. The standard InChI is InChI=1S/C23H32N7O4P/c24-22(31)16-27-9-7-26(15-21-20-4-2-1-3-19(20)5-6-30(21)33)8-10-28(17-23(25)32)12-14-29(13-11-27)18-35-34/h1-6H,7-17H2,(H2,24,31)(H2,25,32). The molecule has 0 bridgehead atoms. The number of pyridine rings is 1. The summed E-state index contributed by atoms with van der Waals surface area (Å²) in [6, 6.07) is 9.55. The van der Waals surface area contributed by atoms with Gasteiger partial charge in [-0.25, -0.2) is 0 Å². The van der Waals surface area contributed by atoms with Crippen LogP contribution in [0.5, 0.6) is 0 Å². The molecule has 2 amide bonds. The summed E-state index contributed by atoms with van der Waals surface area (Å²) >= 11 is 0. The number of nitrogens with two attached hydrogens (primary N) is 2. The molecule has 1 fully saturated rings. The molecule has 0 unspecified atom stereocenters. The molecule has 3 rings (SSSR count). The molecule has 188 valence electrons. The van der Waals surface area contributed by atoms with Crippen LogP contribution in [0.1, 0.15) is 5.69 Å². The number of hydrogen-bond acceptors (Lipinski definition) is 8. The van der Waals surface area contributed by atoms with Gasteiger partial charge >= 0.3 is 181 Å². The van der Waals surface area contributed by atoms with Gasteiger partial charge < -0.3 is 0 Å². The number of carbonyl (C=O) groups is 2. The Morgan fingerprint density at radius 1 is 0.886 bits per heavy atom. The Kier molecular flexibility index (Phi) is 10.2. The van der Waals surface area contributed by atoms with Gasteiger partial charge in [0.2, 0.25) is 0 Å². The fraction of sp³-hybridized carbons (Fsp3) is 0.478. The van der Waals surface area contributed by atoms with E-state index in [1.807, 2.05) is 34.1 Å². The van der Waals surface area contributed by atoms with Crippen LogP contribution in [0.4, 0.5) is 0 Å². The van der Waals surface area contributed by atoms with E-state index >= 15 is 0 Å². The maximum atomic E-state index is 12.7. The van der Waals surface area contributed by atoms with Crippen molar-refractivity contribution in [1.29, 1.82) is 0 Å². The molecule has 11 nitrogen and oxygen atoms in total. The average molecular weight is 502 g/mol. The number of amides is 2. The first-order valence-electron chi connectivity index (χ1n) is 11.5. The molecule has 1 aliphatic rings. The van der Waals surface area contributed by atoms with E-state index in [9.17, 15) is 19.4 Å². The summed E-state index contributed by atoms with van der Waals surface area (Å²) in [5.41, 5.74) is 11.6. The molecule has 1 aromatic heterocycles. The first-order chi connectivity index (χ1) is 16.9. The molecule has 4 N–H and O–H groups in total. The molecule has 0 spiro atoms.